The van der Waals surface area contributed by atoms with Crippen LogP contribution in [0.5, 0.6) is 0 Å². The van der Waals surface area contributed by atoms with E-state index >= 15 is 0 Å². The highest BCUT2D eigenvalue weighted by atomic mass is 32.2. The molecule has 8 heteroatoms. The predicted molar refractivity (Wildman–Crippen MR) is 72.5 cm³/mol. The third kappa shape index (κ3) is 4.19. The van der Waals surface area contributed by atoms with E-state index in [2.05, 4.69) is 16.6 Å². The van der Waals surface area contributed by atoms with Gasteiger partial charge in [0.1, 0.15) is 15.6 Å². The van der Waals surface area contributed by atoms with Crippen molar-refractivity contribution in [3.63, 3.8) is 0 Å². The fraction of sp³-hybridized carbons (Fsp3) is 0.500. The summed E-state index contributed by atoms with van der Waals surface area (Å²) in [6, 6.07) is 0. The number of anilines is 1. The highest BCUT2D eigenvalue weighted by Gasteiger charge is 2.20. The lowest BCUT2D eigenvalue weighted by Gasteiger charge is -2.01. The number of nitrogens with two attached hydrogens (primary N) is 1. The average Bonchev–Trinajstić information content (AvgIpc) is 2.66. The maximum absolute atomic E-state index is 11.3. The molecule has 0 atom stereocenters. The maximum Gasteiger partial charge on any atom is 0.409 e. The summed E-state index contributed by atoms with van der Waals surface area (Å²) >= 11 is 2.36. The number of hydrogen-bond acceptors (Lipinski definition) is 5. The molecule has 0 aromatic carbocycles. The Bertz CT molecular complexity index is 434. The van der Waals surface area contributed by atoms with Crippen molar-refractivity contribution in [1.82, 2.24) is 4.37 Å². The molecule has 0 bridgehead atoms. The molecule has 2 amide bonds. The number of carbonyl (C=O) groups excluding carboxylic acids is 1. The summed E-state index contributed by atoms with van der Waals surface area (Å²) < 4.78 is 4.07. The lowest BCUT2D eigenvalue weighted by molar-refractivity contribution is 0.0998. The molecule has 1 rings (SSSR count). The van der Waals surface area contributed by atoms with Crippen LogP contribution in [-0.4, -0.2) is 27.2 Å². The van der Waals surface area contributed by atoms with E-state index in [9.17, 15) is 9.59 Å². The maximum atomic E-state index is 11.3. The summed E-state index contributed by atoms with van der Waals surface area (Å²) in [5, 5.41) is 11.5. The Balaban J connectivity index is 2.75. The van der Waals surface area contributed by atoms with Crippen molar-refractivity contribution >= 4 is 40.3 Å². The van der Waals surface area contributed by atoms with Crippen molar-refractivity contribution in [1.29, 1.82) is 0 Å². The predicted octanol–water partition coefficient (Wildman–Crippen LogP) is 2.61. The fourth-order valence-electron chi connectivity index (χ4n) is 1.29. The van der Waals surface area contributed by atoms with Gasteiger partial charge in [-0.15, -0.1) is 11.8 Å². The Labute approximate surface area is 113 Å². The first-order chi connectivity index (χ1) is 8.56. The summed E-state index contributed by atoms with van der Waals surface area (Å²) in [7, 11) is 0. The van der Waals surface area contributed by atoms with Crippen LogP contribution in [0.15, 0.2) is 5.03 Å². The molecule has 1 aromatic heterocycles. The van der Waals surface area contributed by atoms with E-state index in [1.54, 1.807) is 0 Å². The van der Waals surface area contributed by atoms with Crippen LogP contribution in [0.25, 0.3) is 0 Å². The van der Waals surface area contributed by atoms with E-state index in [4.69, 9.17) is 10.8 Å². The molecule has 18 heavy (non-hydrogen) atoms. The number of unbranched alkanes of at least 4 members (excludes halogenated alkanes) is 2. The third-order valence-corrected chi connectivity index (χ3v) is 4.05. The molecule has 4 N–H and O–H groups in total. The smallest absolute Gasteiger partial charge is 0.409 e. The van der Waals surface area contributed by atoms with E-state index in [-0.39, 0.29) is 10.6 Å². The molecule has 1 heterocycles. The van der Waals surface area contributed by atoms with Gasteiger partial charge < -0.3 is 10.8 Å². The standard InChI is InChI=1S/C10H15N3O3S2/c1-2-3-4-5-17-9-6(7(11)14)8(18-13-9)12-10(15)16/h12H,2-5H2,1H3,(H2,11,14)(H,15,16). The van der Waals surface area contributed by atoms with Crippen molar-refractivity contribution in [3.8, 4) is 0 Å². The van der Waals surface area contributed by atoms with Crippen molar-refractivity contribution in [2.75, 3.05) is 11.1 Å². The van der Waals surface area contributed by atoms with Crippen LogP contribution < -0.4 is 11.1 Å². The van der Waals surface area contributed by atoms with Crippen LogP contribution >= 0.6 is 23.3 Å². The zero-order valence-corrected chi connectivity index (χ0v) is 11.6. The van der Waals surface area contributed by atoms with E-state index in [0.29, 0.717) is 5.03 Å². The second-order valence-corrected chi connectivity index (χ2v) is 5.40. The van der Waals surface area contributed by atoms with Crippen molar-refractivity contribution in [2.24, 2.45) is 5.73 Å². The molecule has 1 aromatic rings. The second kappa shape index (κ2) is 7.22. The van der Waals surface area contributed by atoms with Crippen LogP contribution in [0.2, 0.25) is 0 Å². The monoisotopic (exact) mass is 289 g/mol. The molecule has 0 aliphatic heterocycles. The summed E-state index contributed by atoms with van der Waals surface area (Å²) in [5.41, 5.74) is 5.42. The van der Waals surface area contributed by atoms with Gasteiger partial charge in [0.2, 0.25) is 0 Å². The average molecular weight is 289 g/mol. The largest absolute Gasteiger partial charge is 0.465 e. The number of thioether (sulfide) groups is 1. The Morgan fingerprint density at radius 1 is 1.50 bits per heavy atom. The molecule has 0 unspecified atom stereocenters. The van der Waals surface area contributed by atoms with E-state index < -0.39 is 12.0 Å². The van der Waals surface area contributed by atoms with Gasteiger partial charge in [0.15, 0.2) is 0 Å². The number of carboxylic acid groups (broad SMARTS) is 1. The molecule has 0 radical (unpaired) electrons. The first-order valence-corrected chi connectivity index (χ1v) is 7.24. The topological polar surface area (TPSA) is 105 Å². The SMILES string of the molecule is CCCCCSc1nsc(NC(=O)O)c1C(N)=O. The van der Waals surface area contributed by atoms with Crippen molar-refractivity contribution < 1.29 is 14.7 Å². The Morgan fingerprint density at radius 2 is 2.22 bits per heavy atom. The third-order valence-electron chi connectivity index (χ3n) is 2.11. The fourth-order valence-corrected chi connectivity index (χ4v) is 3.26. The molecule has 0 fully saturated rings. The number of amides is 2. The number of carbonyl (C=O) groups is 2. The molecule has 0 aliphatic carbocycles. The zero-order valence-electron chi connectivity index (χ0n) is 9.93. The van der Waals surface area contributed by atoms with Crippen LogP contribution in [0.3, 0.4) is 0 Å². The Kier molecular flexibility index (Phi) is 5.93. The van der Waals surface area contributed by atoms with Crippen LogP contribution in [-0.2, 0) is 0 Å². The Morgan fingerprint density at radius 3 is 2.78 bits per heavy atom. The minimum atomic E-state index is -1.23. The normalized spacial score (nSPS) is 10.3. The van der Waals surface area contributed by atoms with Gasteiger partial charge in [-0.2, -0.15) is 4.37 Å². The second-order valence-electron chi connectivity index (χ2n) is 3.54. The molecule has 6 nitrogen and oxygen atoms in total. The van der Waals surface area contributed by atoms with Gasteiger partial charge >= 0.3 is 6.09 Å². The number of primary amides is 1. The molecule has 0 spiro atoms. The summed E-state index contributed by atoms with van der Waals surface area (Å²) in [6.45, 7) is 2.11. The van der Waals surface area contributed by atoms with Gasteiger partial charge in [0.25, 0.3) is 5.91 Å². The van der Waals surface area contributed by atoms with Gasteiger partial charge in [-0.25, -0.2) is 4.79 Å². The highest BCUT2D eigenvalue weighted by molar-refractivity contribution is 7.99. The van der Waals surface area contributed by atoms with E-state index in [1.165, 1.54) is 11.8 Å². The van der Waals surface area contributed by atoms with Crippen molar-refractivity contribution in [3.05, 3.63) is 5.56 Å². The van der Waals surface area contributed by atoms with Crippen LogP contribution in [0.4, 0.5) is 9.80 Å². The number of aromatic nitrogens is 1. The van der Waals surface area contributed by atoms with E-state index in [0.717, 1.165) is 36.5 Å². The summed E-state index contributed by atoms with van der Waals surface area (Å²) in [6.07, 6.45) is 2.03. The Hall–Kier alpha value is -1.28. The number of nitrogens with one attached hydrogen (secondary N) is 1. The molecule has 0 saturated carbocycles. The number of hydrogen-bond donors (Lipinski definition) is 3. The number of rotatable bonds is 7. The van der Waals surface area contributed by atoms with Gasteiger partial charge in [-0.3, -0.25) is 10.1 Å². The zero-order chi connectivity index (χ0) is 13.5. The van der Waals surface area contributed by atoms with Crippen molar-refractivity contribution in [2.45, 2.75) is 31.2 Å². The molecule has 0 aliphatic rings. The minimum absolute atomic E-state index is 0.170. The number of nitrogens with zero attached hydrogens (tertiary/aromatic N) is 1. The van der Waals surface area contributed by atoms with Gasteiger partial charge in [-0.05, 0) is 23.7 Å². The van der Waals surface area contributed by atoms with Crippen LogP contribution in [0, 0.1) is 0 Å². The lowest BCUT2D eigenvalue weighted by Crippen LogP contribution is -2.15. The lowest BCUT2D eigenvalue weighted by atomic mass is 10.3. The van der Waals surface area contributed by atoms with Gasteiger partial charge in [-0.1, -0.05) is 19.8 Å². The molecule has 100 valence electrons. The first kappa shape index (κ1) is 14.8. The molecular formula is C10H15N3O3S2. The van der Waals surface area contributed by atoms with E-state index in [1.807, 2.05) is 0 Å². The quantitative estimate of drug-likeness (QED) is 0.528. The minimum Gasteiger partial charge on any atom is -0.465 e. The van der Waals surface area contributed by atoms with Gasteiger partial charge in [0, 0.05) is 0 Å². The first-order valence-electron chi connectivity index (χ1n) is 5.48. The molecular weight excluding hydrogens is 274 g/mol. The summed E-state index contributed by atoms with van der Waals surface area (Å²) in [4.78, 5) is 21.9. The highest BCUT2D eigenvalue weighted by Crippen LogP contribution is 2.32. The molecule has 0 saturated heterocycles. The van der Waals surface area contributed by atoms with Crippen LogP contribution in [0.1, 0.15) is 36.5 Å². The summed E-state index contributed by atoms with van der Waals surface area (Å²) in [5.74, 6) is 0.176. The van der Waals surface area contributed by atoms with Gasteiger partial charge in [0.05, 0.1) is 0 Å².